The fraction of sp³-hybridized carbons (Fsp3) is 0.778. The highest BCUT2D eigenvalue weighted by Gasteiger charge is 2.72. The van der Waals surface area contributed by atoms with Crippen molar-refractivity contribution < 1.29 is 54.8 Å². The molecule has 1 unspecified atom stereocenters. The second-order valence-corrected chi connectivity index (χ2v) is 16.8. The Bertz CT molecular complexity index is 1370. The van der Waals surface area contributed by atoms with Crippen molar-refractivity contribution in [2.24, 2.45) is 39.4 Å². The summed E-state index contributed by atoms with van der Waals surface area (Å²) in [7, 11) is 0. The highest BCUT2D eigenvalue weighted by molar-refractivity contribution is 6.01. The third-order valence-corrected chi connectivity index (χ3v) is 13.0. The van der Waals surface area contributed by atoms with Gasteiger partial charge in [0.1, 0.15) is 30.0 Å². The van der Waals surface area contributed by atoms with E-state index < -0.39 is 88.0 Å². The standard InChI is InChI=1S/C36H54O11/c1-31(2,44)12-11-24(39)36(8,45)28-20(38)16-35(7)23-10-9-18-19(33(23,5)13-14-34(28,35)6)15-21(29(43)32(18,3)4)46-30-27(42)26(41)25(40)22(17-37)47-30/h9,11-12,15,19-20,22-23,25-28,30,37-38,40-42,44-45H,10,13-14,16-17H2,1-8H3/b12-11+/t19-,20-,22-,23-,25-,26+,27-,28+,30+,33+,34-,35+,36?/m1/s1. The summed E-state index contributed by atoms with van der Waals surface area (Å²) < 4.78 is 11.6. The van der Waals surface area contributed by atoms with Crippen LogP contribution in [0.2, 0.25) is 0 Å². The molecule has 0 amide bonds. The fourth-order valence-electron chi connectivity index (χ4n) is 10.2. The van der Waals surface area contributed by atoms with Gasteiger partial charge in [-0.2, -0.15) is 0 Å². The van der Waals surface area contributed by atoms with Crippen molar-refractivity contribution in [2.75, 3.05) is 6.61 Å². The second-order valence-electron chi connectivity index (χ2n) is 16.8. The average Bonchev–Trinajstić information content (AvgIpc) is 3.19. The number of ketones is 2. The third-order valence-electron chi connectivity index (χ3n) is 13.0. The topological polar surface area (TPSA) is 194 Å². The molecule has 7 N–H and O–H groups in total. The molecule has 0 bridgehead atoms. The lowest BCUT2D eigenvalue weighted by Crippen LogP contribution is -2.61. The first-order valence-electron chi connectivity index (χ1n) is 16.8. The molecule has 0 aromatic carbocycles. The van der Waals surface area contributed by atoms with Crippen LogP contribution in [0.25, 0.3) is 0 Å². The van der Waals surface area contributed by atoms with Crippen LogP contribution in [0.3, 0.4) is 0 Å². The predicted molar refractivity (Wildman–Crippen MR) is 170 cm³/mol. The van der Waals surface area contributed by atoms with E-state index in [1.807, 2.05) is 13.8 Å². The average molecular weight is 663 g/mol. The molecule has 1 aliphatic heterocycles. The molecule has 4 aliphatic carbocycles. The zero-order valence-corrected chi connectivity index (χ0v) is 28.8. The highest BCUT2D eigenvalue weighted by atomic mass is 16.7. The van der Waals surface area contributed by atoms with Crippen molar-refractivity contribution in [3.63, 3.8) is 0 Å². The lowest BCUT2D eigenvalue weighted by Gasteiger charge is -2.64. The van der Waals surface area contributed by atoms with Gasteiger partial charge in [-0.3, -0.25) is 9.59 Å². The third kappa shape index (κ3) is 5.40. The van der Waals surface area contributed by atoms with Crippen molar-refractivity contribution >= 4 is 11.6 Å². The van der Waals surface area contributed by atoms with Crippen LogP contribution in [0.15, 0.2) is 35.6 Å². The number of carbonyl (C=O) groups excluding carboxylic acids is 2. The van der Waals surface area contributed by atoms with Gasteiger partial charge in [0.25, 0.3) is 0 Å². The van der Waals surface area contributed by atoms with E-state index in [-0.39, 0.29) is 23.4 Å². The summed E-state index contributed by atoms with van der Waals surface area (Å²) in [5, 5.41) is 74.4. The Morgan fingerprint density at radius 2 is 1.64 bits per heavy atom. The first kappa shape index (κ1) is 36.3. The Labute approximate surface area is 277 Å². The van der Waals surface area contributed by atoms with Crippen molar-refractivity contribution in [3.05, 3.63) is 35.6 Å². The maximum atomic E-state index is 13.9. The van der Waals surface area contributed by atoms with Gasteiger partial charge in [-0.1, -0.05) is 38.5 Å². The van der Waals surface area contributed by atoms with Gasteiger partial charge < -0.3 is 45.2 Å². The monoisotopic (exact) mass is 662 g/mol. The molecular weight excluding hydrogens is 608 g/mol. The van der Waals surface area contributed by atoms with Crippen LogP contribution in [-0.2, 0) is 19.1 Å². The number of aliphatic hydroxyl groups excluding tert-OH is 5. The zero-order valence-electron chi connectivity index (χ0n) is 28.8. The van der Waals surface area contributed by atoms with E-state index in [0.29, 0.717) is 25.7 Å². The first-order valence-corrected chi connectivity index (χ1v) is 16.8. The molecule has 264 valence electrons. The lowest BCUT2D eigenvalue weighted by molar-refractivity contribution is -0.291. The molecule has 0 aromatic rings. The number of allylic oxidation sites excluding steroid dienone is 4. The van der Waals surface area contributed by atoms with Crippen LogP contribution in [0, 0.1) is 39.4 Å². The van der Waals surface area contributed by atoms with Crippen LogP contribution in [0.5, 0.6) is 0 Å². The largest absolute Gasteiger partial charge is 0.459 e. The molecule has 0 spiro atoms. The number of hydrogen-bond acceptors (Lipinski definition) is 11. The number of rotatable bonds is 7. The van der Waals surface area contributed by atoms with Gasteiger partial charge in [-0.15, -0.1) is 0 Å². The summed E-state index contributed by atoms with van der Waals surface area (Å²) in [6.07, 6.45) is 0.140. The minimum Gasteiger partial charge on any atom is -0.459 e. The van der Waals surface area contributed by atoms with E-state index in [1.165, 1.54) is 32.9 Å². The van der Waals surface area contributed by atoms with E-state index in [4.69, 9.17) is 9.47 Å². The summed E-state index contributed by atoms with van der Waals surface area (Å²) in [6.45, 7) is 13.9. The molecule has 3 fully saturated rings. The first-order chi connectivity index (χ1) is 21.5. The van der Waals surface area contributed by atoms with E-state index in [2.05, 4.69) is 26.8 Å². The molecule has 5 rings (SSSR count). The van der Waals surface area contributed by atoms with Crippen LogP contribution in [0.1, 0.15) is 81.1 Å². The Hall–Kier alpha value is -1.96. The Kier molecular flexibility index (Phi) is 8.93. The lowest BCUT2D eigenvalue weighted by atomic mass is 9.39. The molecular formula is C36H54O11. The maximum Gasteiger partial charge on any atom is 0.229 e. The Morgan fingerprint density at radius 3 is 2.23 bits per heavy atom. The summed E-state index contributed by atoms with van der Waals surface area (Å²) in [5.41, 5.74) is -4.74. The molecule has 1 heterocycles. The summed E-state index contributed by atoms with van der Waals surface area (Å²) in [5.74, 6) is -1.98. The number of ether oxygens (including phenoxy) is 2. The molecule has 11 heteroatoms. The maximum absolute atomic E-state index is 13.9. The Balaban J connectivity index is 1.51. The second kappa shape index (κ2) is 11.6. The van der Waals surface area contributed by atoms with Gasteiger partial charge in [0.2, 0.25) is 12.1 Å². The van der Waals surface area contributed by atoms with Gasteiger partial charge in [-0.05, 0) is 94.6 Å². The predicted octanol–water partition coefficient (Wildman–Crippen LogP) is 1.70. The minimum atomic E-state index is -1.89. The molecule has 0 radical (unpaired) electrons. The van der Waals surface area contributed by atoms with E-state index in [9.17, 15) is 45.3 Å². The molecule has 13 atom stereocenters. The van der Waals surface area contributed by atoms with Crippen LogP contribution in [-0.4, -0.2) is 102 Å². The van der Waals surface area contributed by atoms with Gasteiger partial charge in [-0.25, -0.2) is 0 Å². The van der Waals surface area contributed by atoms with Crippen molar-refractivity contribution in [1.82, 2.24) is 0 Å². The number of hydrogen-bond donors (Lipinski definition) is 7. The SMILES string of the molecule is CC(C)(O)/C=C/C(=O)C(C)(O)[C@H]1[C@H](O)C[C@@]2(C)[C@@H]3CC=C4[C@@H](C=C(O[C@H]5O[C@H](CO)[C@@H](O)[C@H](O)[C@H]5O)C(=O)C4(C)C)[C@]3(C)CC[C@]12C. The van der Waals surface area contributed by atoms with Crippen LogP contribution >= 0.6 is 0 Å². The van der Waals surface area contributed by atoms with Crippen molar-refractivity contribution in [3.8, 4) is 0 Å². The summed E-state index contributed by atoms with van der Waals surface area (Å²) in [4.78, 5) is 27.3. The van der Waals surface area contributed by atoms with Crippen LogP contribution in [0.4, 0.5) is 0 Å². The molecule has 2 saturated carbocycles. The molecule has 1 saturated heterocycles. The van der Waals surface area contributed by atoms with Gasteiger partial charge in [0.15, 0.2) is 11.5 Å². The minimum absolute atomic E-state index is 0.0197. The smallest absolute Gasteiger partial charge is 0.229 e. The van der Waals surface area contributed by atoms with E-state index in [1.54, 1.807) is 6.08 Å². The zero-order chi connectivity index (χ0) is 35.3. The quantitative estimate of drug-likeness (QED) is 0.155. The van der Waals surface area contributed by atoms with Crippen LogP contribution < -0.4 is 0 Å². The van der Waals surface area contributed by atoms with Crippen molar-refractivity contribution in [1.29, 1.82) is 0 Å². The normalized spacial score (nSPS) is 46.1. The molecule has 5 aliphatic rings. The summed E-state index contributed by atoms with van der Waals surface area (Å²) in [6, 6.07) is 0. The highest BCUT2D eigenvalue weighted by Crippen LogP contribution is 2.74. The Morgan fingerprint density at radius 1 is 1.00 bits per heavy atom. The number of Topliss-reactive ketones (excluding diaryl/α,β-unsaturated/α-hetero) is 1. The van der Waals surface area contributed by atoms with Gasteiger partial charge in [0, 0.05) is 11.8 Å². The van der Waals surface area contributed by atoms with Crippen molar-refractivity contribution in [2.45, 2.75) is 129 Å². The van der Waals surface area contributed by atoms with Gasteiger partial charge >= 0.3 is 0 Å². The van der Waals surface area contributed by atoms with E-state index in [0.717, 1.165) is 5.57 Å². The van der Waals surface area contributed by atoms with E-state index >= 15 is 0 Å². The van der Waals surface area contributed by atoms with Gasteiger partial charge in [0.05, 0.1) is 23.7 Å². The number of carbonyl (C=O) groups is 2. The molecule has 0 aromatic heterocycles. The summed E-state index contributed by atoms with van der Waals surface area (Å²) >= 11 is 0. The fourth-order valence-corrected chi connectivity index (χ4v) is 10.2. The number of fused-ring (bicyclic) bond motifs is 5. The molecule has 47 heavy (non-hydrogen) atoms. The number of aliphatic hydroxyl groups is 7. The molecule has 11 nitrogen and oxygen atoms in total.